The first kappa shape index (κ1) is 15.3. The molecule has 5 nitrogen and oxygen atoms in total. The quantitative estimate of drug-likeness (QED) is 0.801. The number of aliphatic carboxylic acids is 1. The molecule has 0 spiro atoms. The van der Waals surface area contributed by atoms with Gasteiger partial charge in [-0.25, -0.2) is 0 Å². The SMILES string of the molecule is O=C(O)CCC1CCN(C(=O)CC2CCCNC2)CC1. The van der Waals surface area contributed by atoms with Gasteiger partial charge < -0.3 is 15.3 Å². The third kappa shape index (κ3) is 4.78. The second-order valence-electron chi connectivity index (χ2n) is 6.17. The lowest BCUT2D eigenvalue weighted by Gasteiger charge is -2.33. The fraction of sp³-hybridized carbons (Fsp3) is 0.867. The molecular formula is C15H26N2O3. The largest absolute Gasteiger partial charge is 0.481 e. The normalized spacial score (nSPS) is 24.6. The summed E-state index contributed by atoms with van der Waals surface area (Å²) >= 11 is 0. The molecule has 2 fully saturated rings. The summed E-state index contributed by atoms with van der Waals surface area (Å²) in [5.41, 5.74) is 0. The highest BCUT2D eigenvalue weighted by Crippen LogP contribution is 2.23. The zero-order valence-corrected chi connectivity index (χ0v) is 12.1. The van der Waals surface area contributed by atoms with E-state index in [1.807, 2.05) is 4.90 Å². The maximum absolute atomic E-state index is 12.2. The Morgan fingerprint density at radius 3 is 2.50 bits per heavy atom. The molecule has 5 heteroatoms. The molecule has 0 aliphatic carbocycles. The number of carboxylic acid groups (broad SMARTS) is 1. The van der Waals surface area contributed by atoms with Crippen molar-refractivity contribution in [2.24, 2.45) is 11.8 Å². The number of piperidine rings is 2. The average molecular weight is 282 g/mol. The highest BCUT2D eigenvalue weighted by atomic mass is 16.4. The lowest BCUT2D eigenvalue weighted by atomic mass is 9.91. The molecule has 1 atom stereocenters. The van der Waals surface area contributed by atoms with E-state index < -0.39 is 5.97 Å². The Balaban J connectivity index is 1.67. The Bertz CT molecular complexity index is 332. The van der Waals surface area contributed by atoms with Gasteiger partial charge in [0, 0.05) is 25.9 Å². The van der Waals surface area contributed by atoms with Gasteiger partial charge in [-0.05, 0) is 57.0 Å². The summed E-state index contributed by atoms with van der Waals surface area (Å²) in [5, 5.41) is 12.0. The predicted octanol–water partition coefficient (Wildman–Crippen LogP) is 1.48. The minimum absolute atomic E-state index is 0.256. The van der Waals surface area contributed by atoms with E-state index in [0.29, 0.717) is 18.3 Å². The van der Waals surface area contributed by atoms with Crippen LogP contribution in [0.15, 0.2) is 0 Å². The van der Waals surface area contributed by atoms with Gasteiger partial charge in [0.05, 0.1) is 0 Å². The van der Waals surface area contributed by atoms with Gasteiger partial charge >= 0.3 is 5.97 Å². The third-order valence-electron chi connectivity index (χ3n) is 4.60. The monoisotopic (exact) mass is 282 g/mol. The van der Waals surface area contributed by atoms with Crippen molar-refractivity contribution in [2.45, 2.75) is 44.9 Å². The van der Waals surface area contributed by atoms with Crippen LogP contribution in [0.25, 0.3) is 0 Å². The molecule has 114 valence electrons. The van der Waals surface area contributed by atoms with Crippen molar-refractivity contribution in [3.8, 4) is 0 Å². The van der Waals surface area contributed by atoms with Crippen LogP contribution in [-0.4, -0.2) is 48.1 Å². The molecule has 2 aliphatic heterocycles. The van der Waals surface area contributed by atoms with Crippen molar-refractivity contribution in [2.75, 3.05) is 26.2 Å². The lowest BCUT2D eigenvalue weighted by Crippen LogP contribution is -2.41. The van der Waals surface area contributed by atoms with Gasteiger partial charge in [0.2, 0.25) is 5.91 Å². The molecule has 0 bridgehead atoms. The van der Waals surface area contributed by atoms with Crippen LogP contribution in [0.5, 0.6) is 0 Å². The lowest BCUT2D eigenvalue weighted by molar-refractivity contribution is -0.138. The number of rotatable bonds is 5. The van der Waals surface area contributed by atoms with Crippen LogP contribution in [0, 0.1) is 11.8 Å². The summed E-state index contributed by atoms with van der Waals surface area (Å²) in [5.74, 6) is 0.552. The van der Waals surface area contributed by atoms with Crippen LogP contribution in [0.1, 0.15) is 44.9 Å². The number of likely N-dealkylation sites (tertiary alicyclic amines) is 1. The number of nitrogens with zero attached hydrogens (tertiary/aromatic N) is 1. The number of carbonyl (C=O) groups is 2. The van der Waals surface area contributed by atoms with E-state index in [9.17, 15) is 9.59 Å². The number of carbonyl (C=O) groups excluding carboxylic acids is 1. The van der Waals surface area contributed by atoms with Crippen molar-refractivity contribution in [1.82, 2.24) is 10.2 Å². The minimum atomic E-state index is -0.715. The zero-order valence-electron chi connectivity index (χ0n) is 12.1. The van der Waals surface area contributed by atoms with Gasteiger partial charge in [0.25, 0.3) is 0 Å². The minimum Gasteiger partial charge on any atom is -0.481 e. The van der Waals surface area contributed by atoms with E-state index in [-0.39, 0.29) is 12.3 Å². The molecule has 1 amide bonds. The highest BCUT2D eigenvalue weighted by molar-refractivity contribution is 5.76. The first-order valence-electron chi connectivity index (χ1n) is 7.85. The van der Waals surface area contributed by atoms with Crippen LogP contribution in [0.2, 0.25) is 0 Å². The van der Waals surface area contributed by atoms with Crippen LogP contribution in [0.3, 0.4) is 0 Å². The van der Waals surface area contributed by atoms with Gasteiger partial charge in [-0.3, -0.25) is 9.59 Å². The fourth-order valence-corrected chi connectivity index (χ4v) is 3.27. The summed E-state index contributed by atoms with van der Waals surface area (Å²) in [7, 11) is 0. The fourth-order valence-electron chi connectivity index (χ4n) is 3.27. The van der Waals surface area contributed by atoms with Crippen molar-refractivity contribution in [3.63, 3.8) is 0 Å². The van der Waals surface area contributed by atoms with Crippen molar-refractivity contribution >= 4 is 11.9 Å². The van der Waals surface area contributed by atoms with Gasteiger partial charge in [0.1, 0.15) is 0 Å². The molecule has 0 saturated carbocycles. The maximum Gasteiger partial charge on any atom is 0.303 e. The van der Waals surface area contributed by atoms with Gasteiger partial charge in [-0.1, -0.05) is 0 Å². The van der Waals surface area contributed by atoms with Crippen molar-refractivity contribution in [3.05, 3.63) is 0 Å². The molecule has 2 heterocycles. The zero-order chi connectivity index (χ0) is 14.4. The molecule has 2 aliphatic rings. The molecule has 20 heavy (non-hydrogen) atoms. The smallest absolute Gasteiger partial charge is 0.303 e. The Hall–Kier alpha value is -1.10. The summed E-state index contributed by atoms with van der Waals surface area (Å²) in [6.07, 6.45) is 5.94. The maximum atomic E-state index is 12.2. The molecule has 1 unspecified atom stereocenters. The van der Waals surface area contributed by atoms with Crippen molar-refractivity contribution < 1.29 is 14.7 Å². The standard InChI is InChI=1S/C15H26N2O3/c18-14(10-13-2-1-7-16-11-13)17-8-5-12(6-9-17)3-4-15(19)20/h12-13,16H,1-11H2,(H,19,20). The molecule has 2 rings (SSSR count). The number of hydrogen-bond acceptors (Lipinski definition) is 3. The summed E-state index contributed by atoms with van der Waals surface area (Å²) < 4.78 is 0. The summed E-state index contributed by atoms with van der Waals surface area (Å²) in [6, 6.07) is 0. The Kier molecular flexibility index (Phi) is 5.83. The van der Waals surface area contributed by atoms with Crippen molar-refractivity contribution in [1.29, 1.82) is 0 Å². The van der Waals surface area contributed by atoms with E-state index in [4.69, 9.17) is 5.11 Å². The van der Waals surface area contributed by atoms with Crippen LogP contribution >= 0.6 is 0 Å². The molecule has 2 N–H and O–H groups in total. The summed E-state index contributed by atoms with van der Waals surface area (Å²) in [4.78, 5) is 24.8. The van der Waals surface area contributed by atoms with E-state index in [0.717, 1.165) is 51.9 Å². The van der Waals surface area contributed by atoms with E-state index in [1.54, 1.807) is 0 Å². The van der Waals surface area contributed by atoms with E-state index in [1.165, 1.54) is 6.42 Å². The second kappa shape index (κ2) is 7.62. The topological polar surface area (TPSA) is 69.6 Å². The Morgan fingerprint density at radius 1 is 1.15 bits per heavy atom. The number of amides is 1. The molecular weight excluding hydrogens is 256 g/mol. The van der Waals surface area contributed by atoms with Gasteiger partial charge in [0.15, 0.2) is 0 Å². The second-order valence-corrected chi connectivity index (χ2v) is 6.17. The third-order valence-corrected chi connectivity index (χ3v) is 4.60. The highest BCUT2D eigenvalue weighted by Gasteiger charge is 2.25. The Morgan fingerprint density at radius 2 is 1.90 bits per heavy atom. The van der Waals surface area contributed by atoms with E-state index >= 15 is 0 Å². The van der Waals surface area contributed by atoms with Crippen LogP contribution in [0.4, 0.5) is 0 Å². The average Bonchev–Trinajstić information content (AvgIpc) is 2.46. The molecule has 0 aromatic heterocycles. The molecule has 0 aromatic carbocycles. The van der Waals surface area contributed by atoms with E-state index in [2.05, 4.69) is 5.32 Å². The number of carboxylic acids is 1. The molecule has 0 radical (unpaired) electrons. The molecule has 0 aromatic rings. The number of nitrogens with one attached hydrogen (secondary N) is 1. The molecule has 2 saturated heterocycles. The Labute approximate surface area is 120 Å². The summed E-state index contributed by atoms with van der Waals surface area (Å²) in [6.45, 7) is 3.67. The van der Waals surface area contributed by atoms with Crippen LogP contribution < -0.4 is 5.32 Å². The van der Waals surface area contributed by atoms with Gasteiger partial charge in [-0.2, -0.15) is 0 Å². The predicted molar refractivity (Wildman–Crippen MR) is 76.4 cm³/mol. The first-order valence-corrected chi connectivity index (χ1v) is 7.85. The number of hydrogen-bond donors (Lipinski definition) is 2. The van der Waals surface area contributed by atoms with Crippen LogP contribution in [-0.2, 0) is 9.59 Å². The van der Waals surface area contributed by atoms with Gasteiger partial charge in [-0.15, -0.1) is 0 Å². The first-order chi connectivity index (χ1) is 9.65.